The number of aromatic amines is 1. The molecule has 3 aromatic rings. The third-order valence-electron chi connectivity index (χ3n) is 11.9. The van der Waals surface area contributed by atoms with E-state index in [9.17, 15) is 18.8 Å². The van der Waals surface area contributed by atoms with Crippen molar-refractivity contribution in [2.75, 3.05) is 49.4 Å². The standard InChI is InChI=1S/C40H54FN7O5S3.C8H18/c1-52-32-24-29-26(21-30-37(29)47-48-39(30)44-28-12-10-11-27(41)23-28)22-33(32)53-18-8-9-19-55-56-20-15-36(50)43-17-7-3-2-6-16-42-35(49)14-5-4-13-34-38-31(25-54-34)45-40(51)46-38;1-4-6-7-8(3)5-2/h10-12,22-24,31,34,38H,2-9,13-21,25H2,1H3,(H,42,49)(H,43,50)(H2,44,47,48)(H2,45,46,51);8H,4-7H2,1-3H3. The average molecular weight is 942 g/mol. The molecule has 354 valence electrons. The fourth-order valence-corrected chi connectivity index (χ4v) is 11.7. The number of hydrogen-bond acceptors (Lipinski definition) is 10. The zero-order valence-electron chi connectivity index (χ0n) is 38.4. The number of benzene rings is 2. The van der Waals surface area contributed by atoms with Crippen LogP contribution in [0, 0.1) is 11.7 Å². The molecule has 3 aliphatic rings. The number of halogens is 1. The molecule has 3 heterocycles. The number of fused-ring (bicyclic) bond motifs is 4. The van der Waals surface area contributed by atoms with Gasteiger partial charge in [-0.15, -0.1) is 0 Å². The van der Waals surface area contributed by atoms with Crippen LogP contribution in [0.25, 0.3) is 11.3 Å². The van der Waals surface area contributed by atoms with Crippen LogP contribution in [0.5, 0.6) is 11.5 Å². The van der Waals surface area contributed by atoms with E-state index in [1.54, 1.807) is 34.8 Å². The molecule has 4 unspecified atom stereocenters. The lowest BCUT2D eigenvalue weighted by Gasteiger charge is -2.16. The first-order chi connectivity index (χ1) is 31.2. The Morgan fingerprint density at radius 2 is 1.70 bits per heavy atom. The van der Waals surface area contributed by atoms with E-state index >= 15 is 0 Å². The molecule has 0 saturated carbocycles. The second-order valence-electron chi connectivity index (χ2n) is 17.0. The normalized spacial score (nSPS) is 17.3. The molecule has 6 rings (SSSR count). The molecular weight excluding hydrogens is 870 g/mol. The molecular formula is C48H72FN7O5S3. The fraction of sp³-hybridized carbons (Fsp3) is 0.625. The number of methoxy groups -OCH3 is 1. The van der Waals surface area contributed by atoms with Gasteiger partial charge in [0, 0.05) is 71.7 Å². The largest absolute Gasteiger partial charge is 0.493 e. The molecule has 6 N–H and O–H groups in total. The summed E-state index contributed by atoms with van der Waals surface area (Å²) in [5.41, 5.74) is 4.74. The maximum Gasteiger partial charge on any atom is 0.315 e. The highest BCUT2D eigenvalue weighted by Gasteiger charge is 2.42. The minimum absolute atomic E-state index is 0.0532. The van der Waals surface area contributed by atoms with Gasteiger partial charge in [-0.1, -0.05) is 93.4 Å². The van der Waals surface area contributed by atoms with Gasteiger partial charge in [0.25, 0.3) is 0 Å². The number of anilines is 2. The van der Waals surface area contributed by atoms with Crippen LogP contribution in [0.1, 0.15) is 128 Å². The summed E-state index contributed by atoms with van der Waals surface area (Å²) in [6.45, 7) is 8.82. The first-order valence-electron chi connectivity index (χ1n) is 23.6. The van der Waals surface area contributed by atoms with E-state index in [1.165, 1.54) is 37.8 Å². The lowest BCUT2D eigenvalue weighted by Crippen LogP contribution is -2.36. The van der Waals surface area contributed by atoms with Gasteiger partial charge in [0.1, 0.15) is 5.82 Å². The average Bonchev–Trinajstić information content (AvgIpc) is 4.06. The number of aromatic nitrogens is 2. The van der Waals surface area contributed by atoms with E-state index in [-0.39, 0.29) is 35.7 Å². The smallest absolute Gasteiger partial charge is 0.315 e. The van der Waals surface area contributed by atoms with Gasteiger partial charge in [-0.2, -0.15) is 16.9 Å². The van der Waals surface area contributed by atoms with Crippen molar-refractivity contribution in [1.29, 1.82) is 0 Å². The van der Waals surface area contributed by atoms with Crippen molar-refractivity contribution in [3.05, 3.63) is 53.3 Å². The fourth-order valence-electron chi connectivity index (χ4n) is 7.97. The van der Waals surface area contributed by atoms with Crippen LogP contribution < -0.4 is 36.1 Å². The highest BCUT2D eigenvalue weighted by Crippen LogP contribution is 2.44. The Kier molecular flexibility index (Phi) is 22.7. The number of carbonyl (C=O) groups excluding carboxylic acids is 3. The van der Waals surface area contributed by atoms with Gasteiger partial charge < -0.3 is 36.1 Å². The van der Waals surface area contributed by atoms with Crippen molar-refractivity contribution in [2.45, 2.75) is 141 Å². The van der Waals surface area contributed by atoms with Gasteiger partial charge in [0.2, 0.25) is 11.8 Å². The van der Waals surface area contributed by atoms with Gasteiger partial charge in [0.15, 0.2) is 17.3 Å². The molecule has 2 saturated heterocycles. The van der Waals surface area contributed by atoms with Crippen LogP contribution in [-0.2, 0) is 16.0 Å². The Labute approximate surface area is 392 Å². The summed E-state index contributed by atoms with van der Waals surface area (Å²) in [4.78, 5) is 35.9. The highest BCUT2D eigenvalue weighted by molar-refractivity contribution is 8.76. The van der Waals surface area contributed by atoms with Crippen LogP contribution in [0.2, 0.25) is 0 Å². The van der Waals surface area contributed by atoms with Crippen molar-refractivity contribution in [1.82, 2.24) is 31.5 Å². The SMILES string of the molecule is CCCCC(C)CC.COc1cc2c(cc1OCCCCSSCCC(=O)NCCCCCCNC(=O)CCCCC1SCC3NC(=O)NC31)Cc1c(Nc3cccc(F)c3)n[nH]c1-2. The number of nitrogens with one attached hydrogen (secondary N) is 6. The van der Waals surface area contributed by atoms with Crippen LogP contribution in [0.4, 0.5) is 20.7 Å². The summed E-state index contributed by atoms with van der Waals surface area (Å²) in [6, 6.07) is 10.8. The number of nitrogens with zero attached hydrogens (tertiary/aromatic N) is 1. The summed E-state index contributed by atoms with van der Waals surface area (Å²) >= 11 is 1.92. The number of ether oxygens (including phenoxy) is 2. The van der Waals surface area contributed by atoms with E-state index in [1.807, 2.05) is 30.0 Å². The van der Waals surface area contributed by atoms with Crippen molar-refractivity contribution in [2.24, 2.45) is 5.92 Å². The molecule has 0 spiro atoms. The van der Waals surface area contributed by atoms with E-state index in [0.717, 1.165) is 109 Å². The monoisotopic (exact) mass is 941 g/mol. The lowest BCUT2D eigenvalue weighted by molar-refractivity contribution is -0.121. The number of unbranched alkanes of at least 4 members (excludes halogenated alkanes) is 6. The molecule has 0 bridgehead atoms. The third kappa shape index (κ3) is 16.9. The Morgan fingerprint density at radius 1 is 0.922 bits per heavy atom. The molecule has 2 aliphatic heterocycles. The molecule has 4 atom stereocenters. The van der Waals surface area contributed by atoms with Crippen molar-refractivity contribution in [3.8, 4) is 22.8 Å². The number of amides is 4. The van der Waals surface area contributed by atoms with E-state index in [2.05, 4.69) is 57.6 Å². The maximum absolute atomic E-state index is 13.7. The molecule has 64 heavy (non-hydrogen) atoms. The Morgan fingerprint density at radius 3 is 2.45 bits per heavy atom. The summed E-state index contributed by atoms with van der Waals surface area (Å²) in [7, 11) is 5.17. The Balaban J connectivity index is 0.000000878. The predicted molar refractivity (Wildman–Crippen MR) is 265 cm³/mol. The number of hydrogen-bond donors (Lipinski definition) is 6. The van der Waals surface area contributed by atoms with Gasteiger partial charge >= 0.3 is 6.03 Å². The quantitative estimate of drug-likeness (QED) is 0.0176. The summed E-state index contributed by atoms with van der Waals surface area (Å²) in [5, 5.41) is 23.3. The minimum Gasteiger partial charge on any atom is -0.493 e. The van der Waals surface area contributed by atoms with E-state index in [4.69, 9.17) is 9.47 Å². The second kappa shape index (κ2) is 28.3. The van der Waals surface area contributed by atoms with Crippen LogP contribution in [-0.4, -0.2) is 89.4 Å². The second-order valence-corrected chi connectivity index (χ2v) is 21.0. The van der Waals surface area contributed by atoms with E-state index in [0.29, 0.717) is 61.5 Å². The number of rotatable bonds is 29. The van der Waals surface area contributed by atoms with Crippen molar-refractivity contribution in [3.63, 3.8) is 0 Å². The topological polar surface area (TPSA) is 158 Å². The van der Waals surface area contributed by atoms with Crippen LogP contribution >= 0.6 is 33.3 Å². The highest BCUT2D eigenvalue weighted by atomic mass is 33.1. The Hall–Kier alpha value is -3.76. The van der Waals surface area contributed by atoms with Gasteiger partial charge in [0.05, 0.1) is 31.5 Å². The molecule has 0 radical (unpaired) electrons. The molecule has 1 aliphatic carbocycles. The van der Waals surface area contributed by atoms with Crippen molar-refractivity contribution < 1.29 is 28.2 Å². The first kappa shape index (κ1) is 51.2. The Bertz CT molecular complexity index is 1900. The van der Waals surface area contributed by atoms with Gasteiger partial charge in [-0.25, -0.2) is 9.18 Å². The third-order valence-corrected chi connectivity index (χ3v) is 15.9. The molecule has 1 aromatic heterocycles. The number of urea groups is 1. The molecule has 16 heteroatoms. The summed E-state index contributed by atoms with van der Waals surface area (Å²) in [5.74, 6) is 5.67. The summed E-state index contributed by atoms with van der Waals surface area (Å²) in [6.07, 6.45) is 16.1. The number of thioether (sulfide) groups is 1. The molecule has 12 nitrogen and oxygen atoms in total. The predicted octanol–water partition coefficient (Wildman–Crippen LogP) is 10.5. The minimum atomic E-state index is -0.304. The summed E-state index contributed by atoms with van der Waals surface area (Å²) < 4.78 is 25.5. The van der Waals surface area contributed by atoms with Crippen LogP contribution in [0.3, 0.4) is 0 Å². The van der Waals surface area contributed by atoms with Gasteiger partial charge in [-0.05, 0) is 80.3 Å². The first-order valence-corrected chi connectivity index (χ1v) is 27.1. The molecule has 2 fully saturated rings. The number of H-pyrrole nitrogens is 1. The zero-order valence-corrected chi connectivity index (χ0v) is 40.9. The van der Waals surface area contributed by atoms with Crippen LogP contribution in [0.15, 0.2) is 36.4 Å². The zero-order chi connectivity index (χ0) is 45.5. The lowest BCUT2D eigenvalue weighted by atomic mass is 10.0. The van der Waals surface area contributed by atoms with Crippen molar-refractivity contribution >= 4 is 62.7 Å². The molecule has 4 amide bonds. The van der Waals surface area contributed by atoms with E-state index < -0.39 is 0 Å². The number of carbonyl (C=O) groups is 3. The maximum atomic E-state index is 13.7. The van der Waals surface area contributed by atoms with Gasteiger partial charge in [-0.3, -0.25) is 14.7 Å². The molecule has 2 aromatic carbocycles.